The van der Waals surface area contributed by atoms with Crippen molar-refractivity contribution in [1.29, 1.82) is 0 Å². The number of aromatic hydroxyl groups is 1. The van der Waals surface area contributed by atoms with E-state index in [2.05, 4.69) is 5.32 Å². The molecule has 126 valence electrons. The molecule has 0 saturated heterocycles. The zero-order valence-electron chi connectivity index (χ0n) is 13.1. The fourth-order valence-corrected chi connectivity index (χ4v) is 2.63. The Balaban J connectivity index is 1.60. The number of para-hydroxylation sites is 1. The lowest BCUT2D eigenvalue weighted by Crippen LogP contribution is -2.29. The van der Waals surface area contributed by atoms with E-state index in [0.717, 1.165) is 0 Å². The van der Waals surface area contributed by atoms with E-state index in [9.17, 15) is 9.90 Å². The van der Waals surface area contributed by atoms with Crippen LogP contribution in [0, 0.1) is 0 Å². The molecule has 1 aliphatic heterocycles. The molecule has 3 rings (SSSR count). The molecule has 0 radical (unpaired) electrons. The first-order valence-electron chi connectivity index (χ1n) is 7.37. The van der Waals surface area contributed by atoms with E-state index in [4.69, 9.17) is 21.1 Å². The maximum absolute atomic E-state index is 12.1. The highest BCUT2D eigenvalue weighted by molar-refractivity contribution is 6.33. The number of likely N-dealkylation sites (N-methyl/N-ethyl adjacent to an activating group) is 1. The summed E-state index contributed by atoms with van der Waals surface area (Å²) >= 11 is 6.02. The summed E-state index contributed by atoms with van der Waals surface area (Å²) in [4.78, 5) is 13.9. The van der Waals surface area contributed by atoms with Crippen LogP contribution in [0.5, 0.6) is 17.2 Å². The number of halogens is 1. The minimum absolute atomic E-state index is 0.109. The van der Waals surface area contributed by atoms with Crippen LogP contribution >= 0.6 is 11.6 Å². The quantitative estimate of drug-likeness (QED) is 0.869. The molecule has 24 heavy (non-hydrogen) atoms. The van der Waals surface area contributed by atoms with E-state index >= 15 is 0 Å². The van der Waals surface area contributed by atoms with Crippen molar-refractivity contribution in [3.8, 4) is 17.2 Å². The Morgan fingerprint density at radius 1 is 1.29 bits per heavy atom. The fraction of sp³-hybridized carbons (Fsp3) is 0.235. The molecule has 0 atom stereocenters. The van der Waals surface area contributed by atoms with Gasteiger partial charge in [-0.2, -0.15) is 0 Å². The Bertz CT molecular complexity index is 766. The lowest BCUT2D eigenvalue weighted by molar-refractivity contribution is -0.117. The number of phenols is 1. The van der Waals surface area contributed by atoms with Crippen molar-refractivity contribution in [3.05, 3.63) is 47.0 Å². The number of nitrogens with zero attached hydrogens (tertiary/aromatic N) is 1. The first kappa shape index (κ1) is 16.4. The van der Waals surface area contributed by atoms with E-state index in [1.54, 1.807) is 42.3 Å². The van der Waals surface area contributed by atoms with Crippen LogP contribution in [0.3, 0.4) is 0 Å². The van der Waals surface area contributed by atoms with Crippen molar-refractivity contribution in [1.82, 2.24) is 4.90 Å². The summed E-state index contributed by atoms with van der Waals surface area (Å²) in [6.45, 7) is 0.686. The minimum Gasteiger partial charge on any atom is -0.507 e. The third-order valence-electron chi connectivity index (χ3n) is 3.58. The topological polar surface area (TPSA) is 71.0 Å². The molecule has 2 N–H and O–H groups in total. The lowest BCUT2D eigenvalue weighted by atomic mass is 10.1. The summed E-state index contributed by atoms with van der Waals surface area (Å²) in [5.41, 5.74) is 1.23. The van der Waals surface area contributed by atoms with Crippen molar-refractivity contribution in [2.24, 2.45) is 0 Å². The predicted molar refractivity (Wildman–Crippen MR) is 90.6 cm³/mol. The second kappa shape index (κ2) is 6.98. The van der Waals surface area contributed by atoms with Gasteiger partial charge in [0.05, 0.1) is 17.3 Å². The summed E-state index contributed by atoms with van der Waals surface area (Å²) in [6, 6.07) is 10.3. The third-order valence-corrected chi connectivity index (χ3v) is 3.91. The average Bonchev–Trinajstić information content (AvgIpc) is 2.97. The van der Waals surface area contributed by atoms with Gasteiger partial charge in [0.15, 0.2) is 11.5 Å². The van der Waals surface area contributed by atoms with E-state index in [0.29, 0.717) is 34.3 Å². The van der Waals surface area contributed by atoms with Crippen molar-refractivity contribution in [3.63, 3.8) is 0 Å². The molecule has 7 heteroatoms. The smallest absolute Gasteiger partial charge is 0.238 e. The maximum atomic E-state index is 12.1. The van der Waals surface area contributed by atoms with E-state index in [1.165, 1.54) is 6.07 Å². The Morgan fingerprint density at radius 3 is 2.75 bits per heavy atom. The Labute approximate surface area is 144 Å². The van der Waals surface area contributed by atoms with Gasteiger partial charge in [0.1, 0.15) is 5.75 Å². The molecule has 1 heterocycles. The molecule has 0 spiro atoms. The van der Waals surface area contributed by atoms with Crippen LogP contribution in [-0.2, 0) is 11.3 Å². The first-order chi connectivity index (χ1) is 11.5. The highest BCUT2D eigenvalue weighted by Gasteiger charge is 2.18. The van der Waals surface area contributed by atoms with Crippen molar-refractivity contribution in [2.75, 3.05) is 25.7 Å². The SMILES string of the molecule is CN(CC(=O)Nc1ccccc1Cl)Cc1cc2c(cc1O)OCO2. The zero-order chi connectivity index (χ0) is 17.1. The van der Waals surface area contributed by atoms with Crippen LogP contribution in [0.2, 0.25) is 5.02 Å². The Kier molecular flexibility index (Phi) is 4.78. The summed E-state index contributed by atoms with van der Waals surface area (Å²) in [6.07, 6.45) is 0. The second-order valence-electron chi connectivity index (χ2n) is 5.53. The van der Waals surface area contributed by atoms with Gasteiger partial charge < -0.3 is 19.9 Å². The molecule has 1 amide bonds. The first-order valence-corrected chi connectivity index (χ1v) is 7.75. The van der Waals surface area contributed by atoms with Gasteiger partial charge >= 0.3 is 0 Å². The number of phenolic OH excluding ortho intramolecular Hbond substituents is 1. The normalized spacial score (nSPS) is 12.5. The third kappa shape index (κ3) is 3.72. The number of rotatable bonds is 5. The highest BCUT2D eigenvalue weighted by Crippen LogP contribution is 2.37. The van der Waals surface area contributed by atoms with Gasteiger partial charge in [0.25, 0.3) is 0 Å². The number of amides is 1. The standard InChI is InChI=1S/C17H17ClN2O4/c1-20(9-17(22)19-13-5-3-2-4-12(13)18)8-11-6-15-16(7-14(11)21)24-10-23-15/h2-7,21H,8-10H2,1H3,(H,19,22). The molecule has 0 bridgehead atoms. The fourth-order valence-electron chi connectivity index (χ4n) is 2.44. The number of hydrogen-bond donors (Lipinski definition) is 2. The van der Waals surface area contributed by atoms with Crippen LogP contribution in [0.1, 0.15) is 5.56 Å². The number of benzene rings is 2. The summed E-state index contributed by atoms with van der Waals surface area (Å²) < 4.78 is 10.5. The molecule has 0 aromatic heterocycles. The van der Waals surface area contributed by atoms with Gasteiger partial charge in [-0.15, -0.1) is 0 Å². The number of nitrogens with one attached hydrogen (secondary N) is 1. The Hall–Kier alpha value is -2.44. The monoisotopic (exact) mass is 348 g/mol. The largest absolute Gasteiger partial charge is 0.507 e. The summed E-state index contributed by atoms with van der Waals surface area (Å²) in [7, 11) is 1.79. The number of anilines is 1. The minimum atomic E-state index is -0.189. The molecular formula is C17H17ClN2O4. The average molecular weight is 349 g/mol. The molecule has 0 fully saturated rings. The highest BCUT2D eigenvalue weighted by atomic mass is 35.5. The van der Waals surface area contributed by atoms with Gasteiger partial charge in [-0.1, -0.05) is 23.7 Å². The maximum Gasteiger partial charge on any atom is 0.238 e. The van der Waals surface area contributed by atoms with Gasteiger partial charge in [-0.25, -0.2) is 0 Å². The van der Waals surface area contributed by atoms with Gasteiger partial charge in [-0.05, 0) is 25.2 Å². The van der Waals surface area contributed by atoms with Crippen LogP contribution in [-0.4, -0.2) is 36.3 Å². The van der Waals surface area contributed by atoms with Gasteiger partial charge in [0, 0.05) is 18.2 Å². The van der Waals surface area contributed by atoms with E-state index < -0.39 is 0 Å². The second-order valence-corrected chi connectivity index (χ2v) is 5.94. The molecular weight excluding hydrogens is 332 g/mol. The van der Waals surface area contributed by atoms with Gasteiger partial charge in [0.2, 0.25) is 12.7 Å². The molecule has 6 nitrogen and oxygen atoms in total. The van der Waals surface area contributed by atoms with Crippen molar-refractivity contribution < 1.29 is 19.4 Å². The van der Waals surface area contributed by atoms with E-state index in [-0.39, 0.29) is 25.0 Å². The number of ether oxygens (including phenoxy) is 2. The van der Waals surface area contributed by atoms with Crippen molar-refractivity contribution in [2.45, 2.75) is 6.54 Å². The van der Waals surface area contributed by atoms with Crippen LogP contribution in [0.4, 0.5) is 5.69 Å². The molecule has 2 aromatic carbocycles. The number of carbonyl (C=O) groups is 1. The predicted octanol–water partition coefficient (Wildman–Crippen LogP) is 2.84. The zero-order valence-corrected chi connectivity index (χ0v) is 13.8. The van der Waals surface area contributed by atoms with Gasteiger partial charge in [-0.3, -0.25) is 9.69 Å². The number of carbonyl (C=O) groups excluding carboxylic acids is 1. The Morgan fingerprint density at radius 2 is 2.00 bits per heavy atom. The molecule has 0 aliphatic carbocycles. The lowest BCUT2D eigenvalue weighted by Gasteiger charge is -2.17. The number of fused-ring (bicyclic) bond motifs is 1. The molecule has 1 aliphatic rings. The van der Waals surface area contributed by atoms with E-state index in [1.807, 2.05) is 0 Å². The molecule has 0 unspecified atom stereocenters. The molecule has 2 aromatic rings. The van der Waals surface area contributed by atoms with Crippen molar-refractivity contribution >= 4 is 23.2 Å². The van der Waals surface area contributed by atoms with Crippen LogP contribution in [0.25, 0.3) is 0 Å². The summed E-state index contributed by atoms with van der Waals surface area (Å²) in [5.74, 6) is 1.04. The van der Waals surface area contributed by atoms with Crippen LogP contribution < -0.4 is 14.8 Å². The van der Waals surface area contributed by atoms with Crippen LogP contribution in [0.15, 0.2) is 36.4 Å². The summed E-state index contributed by atoms with van der Waals surface area (Å²) in [5, 5.41) is 13.3. The number of hydrogen-bond acceptors (Lipinski definition) is 5. The molecule has 0 saturated carbocycles.